The maximum absolute atomic E-state index is 12.5. The zero-order valence-electron chi connectivity index (χ0n) is 29.7. The molecule has 6 aromatic heterocycles. The smallest absolute Gasteiger partial charge is 0.387 e. The maximum Gasteiger partial charge on any atom is 0.490 e. The molecule has 0 aromatic carbocycles. The summed E-state index contributed by atoms with van der Waals surface area (Å²) in [4.78, 5) is 74.7. The summed E-state index contributed by atoms with van der Waals surface area (Å²) >= 11 is 0. The fourth-order valence-electron chi connectivity index (χ4n) is 6.21. The van der Waals surface area contributed by atoms with Crippen LogP contribution in [0.4, 0.5) is 0 Å². The quantitative estimate of drug-likeness (QED) is 0.0526. The molecule has 0 saturated carbocycles. The highest BCUT2D eigenvalue weighted by Crippen LogP contribution is 2.73. The van der Waals surface area contributed by atoms with E-state index < -0.39 is 101 Å². The Labute approximate surface area is 336 Å². The molecule has 2 saturated heterocycles. The Morgan fingerprint density at radius 3 is 1.23 bits per heavy atom. The van der Waals surface area contributed by atoms with Gasteiger partial charge in [0.2, 0.25) is 0 Å². The summed E-state index contributed by atoms with van der Waals surface area (Å²) in [6.07, 6.45) is -1.93. The van der Waals surface area contributed by atoms with Crippen LogP contribution in [0.1, 0.15) is 12.5 Å². The molecule has 12 atom stereocenters. The van der Waals surface area contributed by atoms with E-state index in [4.69, 9.17) is 9.47 Å². The van der Waals surface area contributed by atoms with Gasteiger partial charge in [-0.2, -0.15) is 17.2 Å². The summed E-state index contributed by atoms with van der Waals surface area (Å²) in [5, 5.41) is 42.3. The Hall–Kier alpha value is -3.35. The highest BCUT2D eigenvalue weighted by atomic mass is 31.3. The van der Waals surface area contributed by atoms with Crippen molar-refractivity contribution < 1.29 is 103 Å². The Kier molecular flexibility index (Phi) is 11.6. The molecule has 61 heavy (non-hydrogen) atoms. The van der Waals surface area contributed by atoms with Gasteiger partial charge in [-0.1, -0.05) is 0 Å². The molecule has 32 nitrogen and oxygen atoms in total. The van der Waals surface area contributed by atoms with Crippen LogP contribution < -0.4 is 0 Å². The van der Waals surface area contributed by atoms with Crippen LogP contribution in [0.2, 0.25) is 0 Å². The first-order valence-corrected chi connectivity index (χ1v) is 24.1. The molecule has 37 heteroatoms. The molecule has 4 unspecified atom stereocenters. The predicted octanol–water partition coefficient (Wildman–Crippen LogP) is -0.988. The van der Waals surface area contributed by atoms with Crippen molar-refractivity contribution in [2.75, 3.05) is 13.2 Å². The normalized spacial score (nSPS) is 29.8. The number of phosphoric ester groups is 2. The number of fused-ring (bicyclic) bond motifs is 6. The molecule has 8 heterocycles. The maximum atomic E-state index is 12.5. The number of aliphatic hydroxyl groups excluding tert-OH is 4. The Balaban J connectivity index is 0.831. The number of hydrogen-bond acceptors (Lipinski definition) is 23. The number of nitrogens with zero attached hydrogens (tertiary/aromatic N) is 10. The summed E-state index contributed by atoms with van der Waals surface area (Å²) in [5.41, 5.74) is 1.63. The van der Waals surface area contributed by atoms with E-state index in [1.165, 1.54) is 46.8 Å². The Morgan fingerprint density at radius 2 is 0.852 bits per heavy atom. The summed E-state index contributed by atoms with van der Waals surface area (Å²) in [5.74, 6) is 0. The van der Waals surface area contributed by atoms with E-state index in [2.05, 4.69) is 56.2 Å². The van der Waals surface area contributed by atoms with E-state index >= 15 is 0 Å². The fraction of sp³-hybridized carbons (Fsp3) is 0.417. The average Bonchev–Trinajstić information content (AvgIpc) is 4.00. The minimum absolute atomic E-state index is 0.151. The first kappa shape index (κ1) is 44.3. The van der Waals surface area contributed by atoms with Gasteiger partial charge >= 0.3 is 39.1 Å². The molecule has 332 valence electrons. The molecular weight excluding hydrogens is 935 g/mol. The minimum atomic E-state index is -6.45. The molecule has 0 spiro atoms. The van der Waals surface area contributed by atoms with Crippen LogP contribution in [-0.2, 0) is 58.6 Å². The lowest BCUT2D eigenvalue weighted by Gasteiger charge is -2.21. The van der Waals surface area contributed by atoms with Crippen molar-refractivity contribution in [1.82, 2.24) is 47.8 Å². The third-order valence-corrected chi connectivity index (χ3v) is 16.3. The number of ether oxygens (including phenoxy) is 2. The van der Waals surface area contributed by atoms with Crippen LogP contribution in [0.15, 0.2) is 50.1 Å². The van der Waals surface area contributed by atoms with Gasteiger partial charge in [-0.25, -0.2) is 52.7 Å². The average molecular weight is 964 g/mol. The first-order valence-electron chi connectivity index (χ1n) is 16.6. The van der Waals surface area contributed by atoms with Crippen LogP contribution in [0.5, 0.6) is 0 Å². The SMILES string of the molecule is O=P(O)(OC[C@H]1O[C@@H](n2cnc3c2ncn2ccnc32)[C@H](O)[C@@H]1O)OP(=O)(O)OP(=O)(O)OP(=O)(O)OP(=O)(O)OC[C@H]1O[C@@H](n2cnc3c2ncn2ccnc32)[C@H](O)[C@@H]1O. The third-order valence-electron chi connectivity index (χ3n) is 8.76. The number of aromatic nitrogens is 10. The van der Waals surface area contributed by atoms with E-state index in [1.807, 2.05) is 0 Å². The summed E-state index contributed by atoms with van der Waals surface area (Å²) < 4.78 is 103. The lowest BCUT2D eigenvalue weighted by Crippen LogP contribution is -2.33. The van der Waals surface area contributed by atoms with Gasteiger partial charge in [-0.3, -0.25) is 27.0 Å². The van der Waals surface area contributed by atoms with Crippen molar-refractivity contribution in [3.8, 4) is 0 Å². The topological polar surface area (TPSA) is 437 Å². The van der Waals surface area contributed by atoms with Crippen LogP contribution in [0.25, 0.3) is 33.6 Å². The fourth-order valence-corrected chi connectivity index (χ4v) is 12.6. The van der Waals surface area contributed by atoms with E-state index in [0.717, 1.165) is 0 Å². The molecule has 0 radical (unpaired) electrons. The highest BCUT2D eigenvalue weighted by Gasteiger charge is 2.51. The Bertz CT molecular complexity index is 2680. The van der Waals surface area contributed by atoms with Gasteiger partial charge in [-0.15, -0.1) is 0 Å². The van der Waals surface area contributed by atoms with Gasteiger partial charge in [0.05, 0.1) is 25.9 Å². The molecule has 8 rings (SSSR count). The standard InChI is InChI=1S/C24H29N10O22P5/c35-15-11(51-23(17(15)37)33-9-27-13-19-25-1-3-31(19)7-29-21(13)33)5-49-57(39,40)53-59(43,44)55-61(47,48)56-60(45,46)54-58(41,42)50-6-12-16(36)18(38)24(52-12)34-10-28-14-20-26-2-4-32(20)8-30-22(14)34/h1-4,7-12,15-18,23-24,35-38H,5-6H2,(H,39,40)(H,41,42)(H,43,44)(H,45,46)(H,47,48)/t11-,12-,15-,16-,17-,18-,23-,24-/m1/s1. The van der Waals surface area contributed by atoms with Gasteiger partial charge in [-0.05, 0) is 0 Å². The molecule has 0 bridgehead atoms. The first-order chi connectivity index (χ1) is 28.5. The third kappa shape index (κ3) is 9.06. The van der Waals surface area contributed by atoms with Crippen molar-refractivity contribution >= 4 is 72.7 Å². The molecule has 2 fully saturated rings. The van der Waals surface area contributed by atoms with Crippen LogP contribution in [-0.4, -0.2) is 143 Å². The second-order valence-electron chi connectivity index (χ2n) is 12.8. The van der Waals surface area contributed by atoms with E-state index in [-0.39, 0.29) is 22.3 Å². The van der Waals surface area contributed by atoms with Gasteiger partial charge in [0.15, 0.2) is 46.1 Å². The number of imidazole rings is 4. The number of phosphoric acid groups is 5. The van der Waals surface area contributed by atoms with Gasteiger partial charge in [0, 0.05) is 24.8 Å². The van der Waals surface area contributed by atoms with Gasteiger partial charge < -0.3 is 54.4 Å². The van der Waals surface area contributed by atoms with Crippen LogP contribution in [0, 0.1) is 0 Å². The van der Waals surface area contributed by atoms with Crippen molar-refractivity contribution in [3.63, 3.8) is 0 Å². The summed E-state index contributed by atoms with van der Waals surface area (Å²) in [6, 6.07) is 0. The molecular formula is C24H29N10O22P5. The summed E-state index contributed by atoms with van der Waals surface area (Å²) in [7, 11) is -30.8. The van der Waals surface area contributed by atoms with E-state index in [0.29, 0.717) is 11.3 Å². The number of hydrogen-bond donors (Lipinski definition) is 9. The second-order valence-corrected chi connectivity index (χ2v) is 20.6. The van der Waals surface area contributed by atoms with Crippen LogP contribution >= 0.6 is 39.1 Å². The monoisotopic (exact) mass is 964 g/mol. The summed E-state index contributed by atoms with van der Waals surface area (Å²) in [6.45, 7) is -2.30. The molecule has 6 aromatic rings. The molecule has 2 aliphatic heterocycles. The molecule has 0 amide bonds. The molecule has 2 aliphatic rings. The van der Waals surface area contributed by atoms with Gasteiger partial charge in [0.1, 0.15) is 49.3 Å². The van der Waals surface area contributed by atoms with Crippen molar-refractivity contribution in [2.45, 2.75) is 49.1 Å². The zero-order valence-corrected chi connectivity index (χ0v) is 34.2. The van der Waals surface area contributed by atoms with E-state index in [9.17, 15) is 67.7 Å². The molecule has 9 N–H and O–H groups in total. The van der Waals surface area contributed by atoms with Gasteiger partial charge in [0.25, 0.3) is 0 Å². The minimum Gasteiger partial charge on any atom is -0.387 e. The van der Waals surface area contributed by atoms with Crippen molar-refractivity contribution in [1.29, 1.82) is 0 Å². The van der Waals surface area contributed by atoms with Crippen molar-refractivity contribution in [2.24, 2.45) is 0 Å². The number of aliphatic hydroxyl groups is 4. The molecule has 0 aliphatic carbocycles. The largest absolute Gasteiger partial charge is 0.490 e. The lowest BCUT2D eigenvalue weighted by molar-refractivity contribution is -0.0503. The van der Waals surface area contributed by atoms with Crippen molar-refractivity contribution in [3.05, 3.63) is 50.1 Å². The number of rotatable bonds is 16. The van der Waals surface area contributed by atoms with Crippen LogP contribution in [0.3, 0.4) is 0 Å². The zero-order chi connectivity index (χ0) is 43.9. The highest BCUT2D eigenvalue weighted by molar-refractivity contribution is 7.71. The lowest BCUT2D eigenvalue weighted by atomic mass is 10.1. The van der Waals surface area contributed by atoms with E-state index in [1.54, 1.807) is 21.2 Å². The predicted molar refractivity (Wildman–Crippen MR) is 190 cm³/mol. The Morgan fingerprint density at radius 1 is 0.492 bits per heavy atom. The second kappa shape index (κ2) is 16.0.